The molecule has 0 fully saturated rings. The van der Waals surface area contributed by atoms with Crippen molar-refractivity contribution in [2.45, 2.75) is 193 Å². The summed E-state index contributed by atoms with van der Waals surface area (Å²) in [6.45, 7) is 4.83. The molecule has 0 radical (unpaired) electrons. The van der Waals surface area contributed by atoms with Crippen molar-refractivity contribution < 1.29 is 32.8 Å². The molecule has 0 rings (SSSR count). The molecule has 0 spiro atoms. The number of hydrogen-bond acceptors (Lipinski definition) is 7. The molecule has 0 aromatic heterocycles. The number of phosphoric ester groups is 1. The summed E-state index contributed by atoms with van der Waals surface area (Å²) in [7, 11) is -4.28. The van der Waals surface area contributed by atoms with Gasteiger partial charge in [-0.25, -0.2) is 4.57 Å². The Hall–Kier alpha value is -1.54. The molecule has 3 N–H and O–H groups in total. The van der Waals surface area contributed by atoms with Gasteiger partial charge in [0.1, 0.15) is 6.10 Å². The minimum absolute atomic E-state index is 0.0964. The molecule has 0 amide bonds. The smallest absolute Gasteiger partial charge is 0.457 e. The zero-order chi connectivity index (χ0) is 38.8. The fourth-order valence-electron chi connectivity index (χ4n) is 5.75. The summed E-state index contributed by atoms with van der Waals surface area (Å²) < 4.78 is 33.4. The lowest BCUT2D eigenvalue weighted by molar-refractivity contribution is -0.154. The highest BCUT2D eigenvalue weighted by Gasteiger charge is 2.25. The molecule has 53 heavy (non-hydrogen) atoms. The molecular formula is C44H82NO7P. The minimum Gasteiger partial charge on any atom is -0.457 e. The third-order valence-corrected chi connectivity index (χ3v) is 9.95. The third kappa shape index (κ3) is 41.5. The normalized spacial score (nSPS) is 14.0. The van der Waals surface area contributed by atoms with Crippen molar-refractivity contribution in [3.8, 4) is 0 Å². The number of phosphoric acid groups is 1. The van der Waals surface area contributed by atoms with Gasteiger partial charge < -0.3 is 20.1 Å². The van der Waals surface area contributed by atoms with Gasteiger partial charge in [0, 0.05) is 19.6 Å². The van der Waals surface area contributed by atoms with E-state index < -0.39 is 13.9 Å². The summed E-state index contributed by atoms with van der Waals surface area (Å²) in [6, 6.07) is 0. The van der Waals surface area contributed by atoms with E-state index in [1.807, 2.05) is 0 Å². The molecule has 0 bridgehead atoms. The van der Waals surface area contributed by atoms with Crippen LogP contribution in [0.4, 0.5) is 0 Å². The molecule has 0 aliphatic heterocycles. The number of rotatable bonds is 41. The number of unbranched alkanes of at least 4 members (excludes halogenated alkanes) is 20. The predicted molar refractivity (Wildman–Crippen MR) is 224 cm³/mol. The molecule has 0 saturated carbocycles. The Morgan fingerprint density at radius 1 is 0.566 bits per heavy atom. The lowest BCUT2D eigenvalue weighted by Crippen LogP contribution is -2.28. The third-order valence-electron chi connectivity index (χ3n) is 8.97. The van der Waals surface area contributed by atoms with Crippen LogP contribution in [0.15, 0.2) is 48.6 Å². The molecule has 2 unspecified atom stereocenters. The maximum absolute atomic E-state index is 12.6. The highest BCUT2D eigenvalue weighted by atomic mass is 31.2. The van der Waals surface area contributed by atoms with Crippen molar-refractivity contribution in [2.24, 2.45) is 5.73 Å². The number of allylic oxidation sites excluding steroid dienone is 8. The first-order valence-electron chi connectivity index (χ1n) is 21.6. The van der Waals surface area contributed by atoms with Crippen LogP contribution in [0.25, 0.3) is 0 Å². The quantitative estimate of drug-likeness (QED) is 0.0273. The number of carbonyl (C=O) groups is 1. The van der Waals surface area contributed by atoms with Gasteiger partial charge in [-0.05, 0) is 70.6 Å². The Morgan fingerprint density at radius 3 is 1.53 bits per heavy atom. The van der Waals surface area contributed by atoms with Crippen LogP contribution in [0.3, 0.4) is 0 Å². The van der Waals surface area contributed by atoms with Gasteiger partial charge in [0.2, 0.25) is 0 Å². The number of ether oxygens (including phenoxy) is 2. The SMILES string of the molecule is CCCC/C=C\C/C=C\CCCCCCCCOCC(COP(=O)(O)OCCN)OC(=O)CCCCCCCCCCC/C=C\C/C=C\CCCCC. The van der Waals surface area contributed by atoms with E-state index in [4.69, 9.17) is 24.3 Å². The molecule has 0 aromatic rings. The van der Waals surface area contributed by atoms with E-state index in [-0.39, 0.29) is 32.3 Å². The van der Waals surface area contributed by atoms with Crippen LogP contribution >= 0.6 is 7.82 Å². The molecule has 9 heteroatoms. The Morgan fingerprint density at radius 2 is 1.02 bits per heavy atom. The minimum atomic E-state index is -4.28. The molecule has 310 valence electrons. The molecule has 0 saturated heterocycles. The van der Waals surface area contributed by atoms with E-state index in [2.05, 4.69) is 62.5 Å². The van der Waals surface area contributed by atoms with Crippen LogP contribution < -0.4 is 5.73 Å². The summed E-state index contributed by atoms with van der Waals surface area (Å²) in [5.41, 5.74) is 5.37. The van der Waals surface area contributed by atoms with Crippen LogP contribution in [-0.4, -0.2) is 49.9 Å². The van der Waals surface area contributed by atoms with Crippen molar-refractivity contribution in [1.82, 2.24) is 0 Å². The first-order chi connectivity index (χ1) is 25.9. The molecule has 0 heterocycles. The van der Waals surface area contributed by atoms with Gasteiger partial charge in [-0.1, -0.05) is 159 Å². The molecule has 0 aliphatic carbocycles. The van der Waals surface area contributed by atoms with Gasteiger partial charge in [-0.2, -0.15) is 0 Å². The summed E-state index contributed by atoms with van der Waals surface area (Å²) in [5, 5.41) is 0. The Kier molecular flexibility index (Phi) is 40.4. The zero-order valence-electron chi connectivity index (χ0n) is 34.2. The maximum Gasteiger partial charge on any atom is 0.472 e. The monoisotopic (exact) mass is 768 g/mol. The van der Waals surface area contributed by atoms with Gasteiger partial charge in [0.25, 0.3) is 0 Å². The average molecular weight is 768 g/mol. The first-order valence-corrected chi connectivity index (χ1v) is 23.1. The van der Waals surface area contributed by atoms with E-state index in [0.29, 0.717) is 13.0 Å². The molecule has 0 aliphatic rings. The fourth-order valence-corrected chi connectivity index (χ4v) is 6.51. The van der Waals surface area contributed by atoms with Gasteiger partial charge >= 0.3 is 13.8 Å². The Balaban J connectivity index is 4.05. The molecule has 2 atom stereocenters. The molecule has 8 nitrogen and oxygen atoms in total. The van der Waals surface area contributed by atoms with Crippen LogP contribution in [0.5, 0.6) is 0 Å². The summed E-state index contributed by atoms with van der Waals surface area (Å²) in [5.74, 6) is -0.340. The predicted octanol–water partition coefficient (Wildman–Crippen LogP) is 12.8. The van der Waals surface area contributed by atoms with Crippen LogP contribution in [0.2, 0.25) is 0 Å². The van der Waals surface area contributed by atoms with Gasteiger partial charge in [0.15, 0.2) is 0 Å². The second kappa shape index (κ2) is 41.6. The van der Waals surface area contributed by atoms with E-state index in [9.17, 15) is 14.3 Å². The summed E-state index contributed by atoms with van der Waals surface area (Å²) >= 11 is 0. The maximum atomic E-state index is 12.6. The highest BCUT2D eigenvalue weighted by molar-refractivity contribution is 7.47. The number of nitrogens with two attached hydrogens (primary N) is 1. The zero-order valence-corrected chi connectivity index (χ0v) is 35.1. The average Bonchev–Trinajstić information content (AvgIpc) is 3.15. The number of hydrogen-bond donors (Lipinski definition) is 2. The number of carbonyl (C=O) groups excluding carboxylic acids is 1. The lowest BCUT2D eigenvalue weighted by Gasteiger charge is -2.20. The summed E-state index contributed by atoms with van der Waals surface area (Å²) in [6.07, 6.45) is 48.3. The Bertz CT molecular complexity index is 952. The molecular weight excluding hydrogens is 685 g/mol. The van der Waals surface area contributed by atoms with Crippen LogP contribution in [0, 0.1) is 0 Å². The topological polar surface area (TPSA) is 117 Å². The van der Waals surface area contributed by atoms with Gasteiger partial charge in [0.05, 0.1) is 19.8 Å². The van der Waals surface area contributed by atoms with E-state index >= 15 is 0 Å². The fraction of sp³-hybridized carbons (Fsp3) is 0.795. The van der Waals surface area contributed by atoms with Crippen LogP contribution in [0.1, 0.15) is 187 Å². The van der Waals surface area contributed by atoms with Gasteiger partial charge in [-0.3, -0.25) is 13.8 Å². The highest BCUT2D eigenvalue weighted by Crippen LogP contribution is 2.43. The molecule has 0 aromatic carbocycles. The standard InChI is InChI=1S/C44H82NO7P/c1-3-5-7-9-11-13-15-17-19-20-21-22-23-25-27-29-31-33-35-37-44(46)52-43(42-51-53(47,48)50-40-38-45)41-49-39-36-34-32-30-28-26-24-18-16-14-12-10-8-6-4-2/h10-13,16-19,43H,3-9,14-15,20-42,45H2,1-2H3,(H,47,48)/b12-10-,13-11-,18-16-,19-17-. The lowest BCUT2D eigenvalue weighted by atomic mass is 10.1. The van der Waals surface area contributed by atoms with Crippen molar-refractivity contribution in [3.63, 3.8) is 0 Å². The first kappa shape index (κ1) is 51.5. The summed E-state index contributed by atoms with van der Waals surface area (Å²) in [4.78, 5) is 22.5. The van der Waals surface area contributed by atoms with Crippen molar-refractivity contribution in [3.05, 3.63) is 48.6 Å². The van der Waals surface area contributed by atoms with E-state index in [0.717, 1.165) is 57.8 Å². The van der Waals surface area contributed by atoms with Gasteiger partial charge in [-0.15, -0.1) is 0 Å². The largest absolute Gasteiger partial charge is 0.472 e. The number of esters is 1. The second-order valence-corrected chi connectivity index (χ2v) is 15.7. The van der Waals surface area contributed by atoms with Crippen LogP contribution in [-0.2, 0) is 27.9 Å². The Labute approximate surface area is 326 Å². The second-order valence-electron chi connectivity index (χ2n) is 14.2. The van der Waals surface area contributed by atoms with Crippen molar-refractivity contribution in [2.75, 3.05) is 33.0 Å². The van der Waals surface area contributed by atoms with E-state index in [1.165, 1.54) is 109 Å². The van der Waals surface area contributed by atoms with Crippen molar-refractivity contribution >= 4 is 13.8 Å². The van der Waals surface area contributed by atoms with Crippen molar-refractivity contribution in [1.29, 1.82) is 0 Å². The van der Waals surface area contributed by atoms with E-state index in [1.54, 1.807) is 0 Å².